The summed E-state index contributed by atoms with van der Waals surface area (Å²) >= 11 is 5.88. The van der Waals surface area contributed by atoms with Crippen molar-refractivity contribution in [2.75, 3.05) is 13.1 Å². The van der Waals surface area contributed by atoms with E-state index in [9.17, 15) is 5.11 Å². The molecular weight excluding hydrogens is 224 g/mol. The number of aromatic hydroxyl groups is 1. The second-order valence-electron chi connectivity index (χ2n) is 4.29. The lowest BCUT2D eigenvalue weighted by atomic mass is 9.86. The first-order chi connectivity index (χ1) is 7.70. The maximum Gasteiger partial charge on any atom is 0.138 e. The van der Waals surface area contributed by atoms with Gasteiger partial charge in [0.2, 0.25) is 0 Å². The number of nitrogens with two attached hydrogens (primary N) is 1. The van der Waals surface area contributed by atoms with Gasteiger partial charge in [-0.05, 0) is 37.9 Å². The molecule has 1 heterocycles. The number of phenolic OH excluding ortho intramolecular Hbond substituents is 1. The van der Waals surface area contributed by atoms with Crippen LogP contribution in [0.1, 0.15) is 24.4 Å². The van der Waals surface area contributed by atoms with Gasteiger partial charge in [-0.15, -0.1) is 0 Å². The molecule has 1 fully saturated rings. The van der Waals surface area contributed by atoms with Gasteiger partial charge in [-0.3, -0.25) is 0 Å². The summed E-state index contributed by atoms with van der Waals surface area (Å²) in [4.78, 5) is 0. The van der Waals surface area contributed by atoms with Crippen LogP contribution in [0.3, 0.4) is 0 Å². The van der Waals surface area contributed by atoms with Crippen LogP contribution in [-0.2, 0) is 0 Å². The van der Waals surface area contributed by atoms with Crippen molar-refractivity contribution < 1.29 is 5.11 Å². The molecule has 3 nitrogen and oxygen atoms in total. The van der Waals surface area contributed by atoms with Crippen molar-refractivity contribution >= 4 is 11.6 Å². The second kappa shape index (κ2) is 5.04. The van der Waals surface area contributed by atoms with Crippen LogP contribution in [-0.4, -0.2) is 18.2 Å². The van der Waals surface area contributed by atoms with E-state index in [1.807, 2.05) is 12.1 Å². The molecule has 1 aromatic rings. The Balaban J connectivity index is 2.19. The zero-order valence-corrected chi connectivity index (χ0v) is 9.87. The first-order valence-corrected chi connectivity index (χ1v) is 6.01. The molecule has 1 aromatic carbocycles. The van der Waals surface area contributed by atoms with E-state index in [0.29, 0.717) is 10.9 Å². The summed E-state index contributed by atoms with van der Waals surface area (Å²) in [6.45, 7) is 2.00. The fourth-order valence-corrected chi connectivity index (χ4v) is 2.44. The van der Waals surface area contributed by atoms with Gasteiger partial charge < -0.3 is 16.2 Å². The van der Waals surface area contributed by atoms with Crippen LogP contribution in [0.25, 0.3) is 0 Å². The topological polar surface area (TPSA) is 58.3 Å². The summed E-state index contributed by atoms with van der Waals surface area (Å²) in [6.07, 6.45) is 2.10. The number of halogens is 1. The number of phenols is 1. The van der Waals surface area contributed by atoms with Crippen molar-refractivity contribution in [3.8, 4) is 5.75 Å². The molecule has 1 atom stereocenters. The van der Waals surface area contributed by atoms with Crippen LogP contribution in [0.5, 0.6) is 5.75 Å². The van der Waals surface area contributed by atoms with Crippen LogP contribution in [0.4, 0.5) is 0 Å². The summed E-state index contributed by atoms with van der Waals surface area (Å²) in [5.41, 5.74) is 6.96. The Bertz CT molecular complexity index is 364. The highest BCUT2D eigenvalue weighted by Crippen LogP contribution is 2.35. The Labute approximate surface area is 101 Å². The summed E-state index contributed by atoms with van der Waals surface area (Å²) in [5, 5.41) is 13.6. The molecule has 0 radical (unpaired) electrons. The number of piperidine rings is 1. The van der Waals surface area contributed by atoms with E-state index in [-0.39, 0.29) is 11.8 Å². The maximum absolute atomic E-state index is 9.87. The van der Waals surface area contributed by atoms with Gasteiger partial charge in [-0.25, -0.2) is 0 Å². The number of benzene rings is 1. The molecule has 0 aliphatic carbocycles. The van der Waals surface area contributed by atoms with E-state index >= 15 is 0 Å². The molecule has 1 aliphatic heterocycles. The zero-order valence-electron chi connectivity index (χ0n) is 9.12. The van der Waals surface area contributed by atoms with E-state index in [2.05, 4.69) is 5.32 Å². The van der Waals surface area contributed by atoms with Gasteiger partial charge in [-0.1, -0.05) is 23.7 Å². The molecule has 1 saturated heterocycles. The standard InChI is InChI=1S/C12H17ClN2O/c13-10-3-1-2-9(12(10)16)11(14)8-4-6-15-7-5-8/h1-3,8,11,15-16H,4-7,14H2/t11-/m1/s1. The molecule has 2 rings (SSSR count). The summed E-state index contributed by atoms with van der Waals surface area (Å²) in [7, 11) is 0. The van der Waals surface area contributed by atoms with Gasteiger partial charge in [0.1, 0.15) is 5.75 Å². The first kappa shape index (κ1) is 11.7. The van der Waals surface area contributed by atoms with Crippen LogP contribution < -0.4 is 11.1 Å². The summed E-state index contributed by atoms with van der Waals surface area (Å²) < 4.78 is 0. The van der Waals surface area contributed by atoms with Gasteiger partial charge in [0, 0.05) is 11.6 Å². The average Bonchev–Trinajstić information content (AvgIpc) is 2.33. The van der Waals surface area contributed by atoms with Crippen LogP contribution in [0, 0.1) is 5.92 Å². The average molecular weight is 241 g/mol. The molecule has 0 amide bonds. The highest BCUT2D eigenvalue weighted by atomic mass is 35.5. The largest absolute Gasteiger partial charge is 0.506 e. The van der Waals surface area contributed by atoms with Crippen molar-refractivity contribution in [1.82, 2.24) is 5.32 Å². The van der Waals surface area contributed by atoms with E-state index < -0.39 is 0 Å². The number of hydrogen-bond acceptors (Lipinski definition) is 3. The normalized spacial score (nSPS) is 19.6. The molecule has 0 spiro atoms. The smallest absolute Gasteiger partial charge is 0.138 e. The van der Waals surface area contributed by atoms with Crippen molar-refractivity contribution in [3.63, 3.8) is 0 Å². The SMILES string of the molecule is N[C@@H](c1cccc(Cl)c1O)C1CCNCC1. The Kier molecular flexibility index (Phi) is 3.69. The molecular formula is C12H17ClN2O. The van der Waals surface area contributed by atoms with Gasteiger partial charge in [0.05, 0.1) is 5.02 Å². The minimum absolute atomic E-state index is 0.124. The van der Waals surface area contributed by atoms with E-state index in [1.165, 1.54) is 0 Å². The van der Waals surface area contributed by atoms with Crippen LogP contribution >= 0.6 is 11.6 Å². The number of nitrogens with one attached hydrogen (secondary N) is 1. The molecule has 4 heteroatoms. The first-order valence-electron chi connectivity index (χ1n) is 5.64. The lowest BCUT2D eigenvalue weighted by Crippen LogP contribution is -2.33. The molecule has 88 valence electrons. The molecule has 1 aliphatic rings. The van der Waals surface area contributed by atoms with Crippen molar-refractivity contribution in [2.45, 2.75) is 18.9 Å². The Morgan fingerprint density at radius 1 is 1.38 bits per heavy atom. The Morgan fingerprint density at radius 3 is 2.75 bits per heavy atom. The third kappa shape index (κ3) is 2.32. The third-order valence-electron chi connectivity index (χ3n) is 3.27. The molecule has 0 saturated carbocycles. The monoisotopic (exact) mass is 240 g/mol. The van der Waals surface area contributed by atoms with Crippen LogP contribution in [0.2, 0.25) is 5.02 Å². The Hall–Kier alpha value is -0.770. The molecule has 0 bridgehead atoms. The predicted octanol–water partition coefficient (Wildman–Crippen LogP) is 2.04. The lowest BCUT2D eigenvalue weighted by molar-refractivity contribution is 0.316. The minimum atomic E-state index is -0.124. The van der Waals surface area contributed by atoms with Crippen molar-refractivity contribution in [1.29, 1.82) is 0 Å². The minimum Gasteiger partial charge on any atom is -0.506 e. The fraction of sp³-hybridized carbons (Fsp3) is 0.500. The highest BCUT2D eigenvalue weighted by molar-refractivity contribution is 6.32. The molecule has 16 heavy (non-hydrogen) atoms. The maximum atomic E-state index is 9.87. The quantitative estimate of drug-likeness (QED) is 0.742. The van der Waals surface area contributed by atoms with Gasteiger partial charge >= 0.3 is 0 Å². The number of para-hydroxylation sites is 1. The summed E-state index contributed by atoms with van der Waals surface area (Å²) in [6, 6.07) is 5.24. The van der Waals surface area contributed by atoms with E-state index in [1.54, 1.807) is 6.07 Å². The molecule has 0 unspecified atom stereocenters. The third-order valence-corrected chi connectivity index (χ3v) is 3.57. The number of rotatable bonds is 2. The van der Waals surface area contributed by atoms with Gasteiger partial charge in [0.15, 0.2) is 0 Å². The lowest BCUT2D eigenvalue weighted by Gasteiger charge is -2.28. The molecule has 4 N–H and O–H groups in total. The van der Waals surface area contributed by atoms with Crippen molar-refractivity contribution in [2.24, 2.45) is 11.7 Å². The van der Waals surface area contributed by atoms with E-state index in [4.69, 9.17) is 17.3 Å². The Morgan fingerprint density at radius 2 is 2.06 bits per heavy atom. The predicted molar refractivity (Wildman–Crippen MR) is 65.6 cm³/mol. The highest BCUT2D eigenvalue weighted by Gasteiger charge is 2.24. The van der Waals surface area contributed by atoms with E-state index in [0.717, 1.165) is 31.5 Å². The molecule has 0 aromatic heterocycles. The zero-order chi connectivity index (χ0) is 11.5. The van der Waals surface area contributed by atoms with Gasteiger partial charge in [0.25, 0.3) is 0 Å². The van der Waals surface area contributed by atoms with Gasteiger partial charge in [-0.2, -0.15) is 0 Å². The number of hydrogen-bond donors (Lipinski definition) is 3. The van der Waals surface area contributed by atoms with Crippen LogP contribution in [0.15, 0.2) is 18.2 Å². The van der Waals surface area contributed by atoms with Crippen molar-refractivity contribution in [3.05, 3.63) is 28.8 Å². The second-order valence-corrected chi connectivity index (χ2v) is 4.70. The fourth-order valence-electron chi connectivity index (χ4n) is 2.26. The summed E-state index contributed by atoms with van der Waals surface area (Å²) in [5.74, 6) is 0.556.